The zero-order valence-corrected chi connectivity index (χ0v) is 12.4. The Morgan fingerprint density at radius 3 is 2.59 bits per heavy atom. The molecule has 1 aliphatic rings. The largest absolute Gasteiger partial charge is 0.309 e. The van der Waals surface area contributed by atoms with E-state index in [4.69, 9.17) is 0 Å². The summed E-state index contributed by atoms with van der Waals surface area (Å²) in [5.41, 5.74) is 0.299. The lowest BCUT2D eigenvalue weighted by Crippen LogP contribution is -2.57. The zero-order chi connectivity index (χ0) is 12.9. The minimum Gasteiger partial charge on any atom is -0.309 e. The lowest BCUT2D eigenvalue weighted by Gasteiger charge is -2.39. The second-order valence-electron chi connectivity index (χ2n) is 6.37. The Morgan fingerprint density at radius 1 is 1.29 bits per heavy atom. The molecule has 0 saturated carbocycles. The van der Waals surface area contributed by atoms with E-state index in [0.717, 1.165) is 6.54 Å². The van der Waals surface area contributed by atoms with E-state index in [1.807, 2.05) is 0 Å². The van der Waals surface area contributed by atoms with Gasteiger partial charge in [-0.15, -0.1) is 0 Å². The maximum atomic E-state index is 3.56. The quantitative estimate of drug-likeness (QED) is 0.715. The van der Waals surface area contributed by atoms with Gasteiger partial charge in [0.1, 0.15) is 0 Å². The molecular weight excluding hydrogens is 210 g/mol. The second-order valence-corrected chi connectivity index (χ2v) is 6.37. The van der Waals surface area contributed by atoms with Crippen molar-refractivity contribution < 1.29 is 0 Å². The van der Waals surface area contributed by atoms with Gasteiger partial charge < -0.3 is 15.1 Å². The van der Waals surface area contributed by atoms with E-state index in [1.165, 1.54) is 39.0 Å². The highest BCUT2D eigenvalue weighted by atomic mass is 15.2. The van der Waals surface area contributed by atoms with Crippen LogP contribution in [0.3, 0.4) is 0 Å². The third kappa shape index (κ3) is 5.84. The molecule has 0 aromatic heterocycles. The smallest absolute Gasteiger partial charge is 0.0252 e. The van der Waals surface area contributed by atoms with Gasteiger partial charge in [0.15, 0.2) is 0 Å². The van der Waals surface area contributed by atoms with Gasteiger partial charge in [-0.3, -0.25) is 0 Å². The van der Waals surface area contributed by atoms with Crippen LogP contribution in [-0.2, 0) is 0 Å². The Morgan fingerprint density at radius 2 is 2.00 bits per heavy atom. The maximum absolute atomic E-state index is 3.56. The van der Waals surface area contributed by atoms with Gasteiger partial charge in [-0.05, 0) is 60.7 Å². The molecule has 0 unspecified atom stereocenters. The fraction of sp³-hybridized carbons (Fsp3) is 1.00. The molecule has 0 aliphatic carbocycles. The van der Waals surface area contributed by atoms with Gasteiger partial charge in [0.2, 0.25) is 0 Å². The van der Waals surface area contributed by atoms with Crippen LogP contribution < -0.4 is 5.32 Å². The minimum atomic E-state index is 0.299. The topological polar surface area (TPSA) is 18.5 Å². The number of hydrogen-bond donors (Lipinski definition) is 1. The first-order valence-corrected chi connectivity index (χ1v) is 7.08. The van der Waals surface area contributed by atoms with Gasteiger partial charge >= 0.3 is 0 Å². The molecule has 1 heterocycles. The van der Waals surface area contributed by atoms with Crippen molar-refractivity contribution in [1.29, 1.82) is 0 Å². The van der Waals surface area contributed by atoms with E-state index in [0.29, 0.717) is 11.6 Å². The Kier molecular flexibility index (Phi) is 5.90. The molecule has 102 valence electrons. The molecule has 0 atom stereocenters. The van der Waals surface area contributed by atoms with Crippen LogP contribution in [0.25, 0.3) is 0 Å². The van der Waals surface area contributed by atoms with Crippen LogP contribution in [0, 0.1) is 0 Å². The average molecular weight is 241 g/mol. The van der Waals surface area contributed by atoms with Gasteiger partial charge in [-0.25, -0.2) is 0 Å². The fourth-order valence-corrected chi connectivity index (χ4v) is 2.39. The summed E-state index contributed by atoms with van der Waals surface area (Å²) in [6.07, 6.45) is 2.65. The van der Waals surface area contributed by atoms with Gasteiger partial charge in [0.25, 0.3) is 0 Å². The monoisotopic (exact) mass is 241 g/mol. The molecule has 3 nitrogen and oxygen atoms in total. The van der Waals surface area contributed by atoms with E-state index in [9.17, 15) is 0 Å². The third-order valence-electron chi connectivity index (χ3n) is 3.77. The summed E-state index contributed by atoms with van der Waals surface area (Å²) in [6.45, 7) is 15.1. The second kappa shape index (κ2) is 6.72. The first-order valence-electron chi connectivity index (χ1n) is 7.08. The molecular formula is C14H31N3. The maximum Gasteiger partial charge on any atom is 0.0252 e. The predicted molar refractivity (Wildman–Crippen MR) is 75.5 cm³/mol. The van der Waals surface area contributed by atoms with Gasteiger partial charge in [0, 0.05) is 31.2 Å². The molecule has 17 heavy (non-hydrogen) atoms. The summed E-state index contributed by atoms with van der Waals surface area (Å²) in [5.74, 6) is 0. The summed E-state index contributed by atoms with van der Waals surface area (Å²) >= 11 is 0. The lowest BCUT2D eigenvalue weighted by molar-refractivity contribution is 0.150. The van der Waals surface area contributed by atoms with Gasteiger partial charge in [-0.2, -0.15) is 0 Å². The molecule has 0 bridgehead atoms. The summed E-state index contributed by atoms with van der Waals surface area (Å²) in [7, 11) is 2.22. The van der Waals surface area contributed by atoms with Crippen LogP contribution in [0.15, 0.2) is 0 Å². The van der Waals surface area contributed by atoms with Crippen molar-refractivity contribution in [2.24, 2.45) is 0 Å². The lowest BCUT2D eigenvalue weighted by atomic mass is 10.0. The van der Waals surface area contributed by atoms with Crippen molar-refractivity contribution in [3.63, 3.8) is 0 Å². The molecule has 1 fully saturated rings. The van der Waals surface area contributed by atoms with Crippen LogP contribution in [0.2, 0.25) is 0 Å². The van der Waals surface area contributed by atoms with Crippen LogP contribution in [0.4, 0.5) is 0 Å². The summed E-state index contributed by atoms with van der Waals surface area (Å²) in [6, 6.07) is 0.674. The third-order valence-corrected chi connectivity index (χ3v) is 3.77. The van der Waals surface area contributed by atoms with Crippen molar-refractivity contribution in [3.05, 3.63) is 0 Å². The minimum absolute atomic E-state index is 0.299. The highest BCUT2D eigenvalue weighted by molar-refractivity contribution is 4.86. The molecule has 0 radical (unpaired) electrons. The van der Waals surface area contributed by atoms with Crippen molar-refractivity contribution >= 4 is 0 Å². The first-order chi connectivity index (χ1) is 7.91. The average Bonchev–Trinajstić information content (AvgIpc) is 2.22. The van der Waals surface area contributed by atoms with E-state index >= 15 is 0 Å². The molecule has 1 rings (SSSR count). The van der Waals surface area contributed by atoms with Crippen molar-refractivity contribution in [2.75, 3.05) is 39.8 Å². The fourth-order valence-electron chi connectivity index (χ4n) is 2.39. The number of rotatable bonds is 6. The highest BCUT2D eigenvalue weighted by Crippen LogP contribution is 2.10. The Hall–Kier alpha value is -0.120. The Balaban J connectivity index is 2.10. The zero-order valence-electron chi connectivity index (χ0n) is 12.4. The summed E-state index contributed by atoms with van der Waals surface area (Å²) in [4.78, 5) is 5.04. The Labute approximate surface area is 108 Å². The summed E-state index contributed by atoms with van der Waals surface area (Å²) in [5, 5.41) is 3.56. The molecule has 0 aromatic rings. The molecule has 0 aromatic carbocycles. The van der Waals surface area contributed by atoms with Crippen LogP contribution >= 0.6 is 0 Å². The Bertz CT molecular complexity index is 214. The van der Waals surface area contributed by atoms with E-state index in [1.54, 1.807) is 0 Å². The summed E-state index contributed by atoms with van der Waals surface area (Å²) < 4.78 is 0. The van der Waals surface area contributed by atoms with Crippen molar-refractivity contribution in [3.8, 4) is 0 Å². The number of hydrogen-bond acceptors (Lipinski definition) is 3. The van der Waals surface area contributed by atoms with E-state index in [2.05, 4.69) is 49.9 Å². The predicted octanol–water partition coefficient (Wildman–Crippen LogP) is 1.79. The SMILES string of the molecule is CC(C)N(C)CCCCN1CCNC(C)(C)C1. The number of unbranched alkanes of at least 4 members (excludes halogenated alkanes) is 1. The molecule has 0 spiro atoms. The molecule has 1 saturated heterocycles. The van der Waals surface area contributed by atoms with Crippen molar-refractivity contribution in [2.45, 2.75) is 52.1 Å². The highest BCUT2D eigenvalue weighted by Gasteiger charge is 2.24. The van der Waals surface area contributed by atoms with Crippen LogP contribution in [0.5, 0.6) is 0 Å². The number of piperazine rings is 1. The molecule has 1 N–H and O–H groups in total. The van der Waals surface area contributed by atoms with E-state index < -0.39 is 0 Å². The van der Waals surface area contributed by atoms with Crippen LogP contribution in [-0.4, -0.2) is 61.2 Å². The number of nitrogens with one attached hydrogen (secondary N) is 1. The standard InChI is InChI=1S/C14H31N3/c1-13(2)16(5)9-6-7-10-17-11-8-15-14(3,4)12-17/h13,15H,6-12H2,1-5H3. The van der Waals surface area contributed by atoms with Gasteiger partial charge in [0.05, 0.1) is 0 Å². The molecule has 0 amide bonds. The first kappa shape index (κ1) is 14.9. The molecule has 3 heteroatoms. The van der Waals surface area contributed by atoms with Gasteiger partial charge in [-0.1, -0.05) is 0 Å². The van der Waals surface area contributed by atoms with E-state index in [-0.39, 0.29) is 0 Å². The van der Waals surface area contributed by atoms with Crippen molar-refractivity contribution in [1.82, 2.24) is 15.1 Å². The normalized spacial score (nSPS) is 21.4. The molecule has 1 aliphatic heterocycles. The van der Waals surface area contributed by atoms with Crippen LogP contribution in [0.1, 0.15) is 40.5 Å². The number of nitrogens with zero attached hydrogens (tertiary/aromatic N) is 2.